The molecule has 0 fully saturated rings. The molecule has 0 unspecified atom stereocenters. The molecule has 0 radical (unpaired) electrons. The standard InChI is InChI=1S/C32H39N7O5/c40-19-16-34-30-37-31(35-18-22-43-24-23-42-21-17-33-29(41)26-9-5-2-6-10-26)39-32(38-30)36-27-11-13-28(14-12-27)44-20-15-25-7-3-1-4-8-25/h1-14,40H,15-24H2,(H,33,41)(H3,34,35,36,37,38,39). The minimum atomic E-state index is -0.124. The molecule has 12 nitrogen and oxygen atoms in total. The highest BCUT2D eigenvalue weighted by molar-refractivity contribution is 5.94. The van der Waals surface area contributed by atoms with Crippen molar-refractivity contribution in [2.75, 3.05) is 75.2 Å². The van der Waals surface area contributed by atoms with E-state index in [2.05, 4.69) is 48.4 Å². The number of benzene rings is 3. The molecule has 1 aromatic heterocycles. The van der Waals surface area contributed by atoms with Gasteiger partial charge in [-0.15, -0.1) is 0 Å². The molecule has 0 aliphatic carbocycles. The molecular weight excluding hydrogens is 562 g/mol. The van der Waals surface area contributed by atoms with Crippen LogP contribution in [0.5, 0.6) is 5.75 Å². The van der Waals surface area contributed by atoms with Crippen LogP contribution in [0.2, 0.25) is 0 Å². The first kappa shape index (κ1) is 32.1. The molecule has 1 heterocycles. The van der Waals surface area contributed by atoms with Crippen LogP contribution in [-0.2, 0) is 15.9 Å². The van der Waals surface area contributed by atoms with Crippen molar-refractivity contribution in [2.24, 2.45) is 0 Å². The number of anilines is 4. The summed E-state index contributed by atoms with van der Waals surface area (Å²) in [5.41, 5.74) is 2.64. The maximum absolute atomic E-state index is 12.0. The molecule has 0 atom stereocenters. The Kier molecular flexibility index (Phi) is 13.7. The van der Waals surface area contributed by atoms with Gasteiger partial charge in [0.05, 0.1) is 39.6 Å². The third-order valence-corrected chi connectivity index (χ3v) is 6.11. The number of hydrogen-bond donors (Lipinski definition) is 5. The van der Waals surface area contributed by atoms with E-state index in [9.17, 15) is 9.90 Å². The number of rotatable bonds is 20. The van der Waals surface area contributed by atoms with Gasteiger partial charge in [0.1, 0.15) is 5.75 Å². The van der Waals surface area contributed by atoms with E-state index in [0.717, 1.165) is 17.9 Å². The van der Waals surface area contributed by atoms with Crippen molar-refractivity contribution in [3.8, 4) is 5.75 Å². The van der Waals surface area contributed by atoms with Crippen molar-refractivity contribution in [3.05, 3.63) is 96.1 Å². The Morgan fingerprint density at radius 1 is 0.659 bits per heavy atom. The van der Waals surface area contributed by atoms with Crippen molar-refractivity contribution < 1.29 is 24.1 Å². The Morgan fingerprint density at radius 3 is 1.95 bits per heavy atom. The van der Waals surface area contributed by atoms with Gasteiger partial charge in [-0.1, -0.05) is 48.5 Å². The summed E-state index contributed by atoms with van der Waals surface area (Å²) in [4.78, 5) is 25.2. The molecule has 0 saturated heterocycles. The fraction of sp³-hybridized carbons (Fsp3) is 0.312. The van der Waals surface area contributed by atoms with Gasteiger partial charge >= 0.3 is 0 Å². The minimum absolute atomic E-state index is 0.0573. The average molecular weight is 602 g/mol. The number of hydrogen-bond acceptors (Lipinski definition) is 11. The second-order valence-corrected chi connectivity index (χ2v) is 9.46. The van der Waals surface area contributed by atoms with E-state index in [1.165, 1.54) is 5.56 Å². The number of aliphatic hydroxyl groups excluding tert-OH is 1. The number of aromatic nitrogens is 3. The van der Waals surface area contributed by atoms with Gasteiger partial charge in [0.2, 0.25) is 17.8 Å². The third kappa shape index (κ3) is 11.8. The molecule has 4 rings (SSSR count). The SMILES string of the molecule is O=C(NCCOCCOCCNc1nc(NCCO)nc(Nc2ccc(OCCc3ccccc3)cc2)n1)c1ccccc1. The first-order valence-corrected chi connectivity index (χ1v) is 14.6. The van der Waals surface area contributed by atoms with Gasteiger partial charge in [-0.2, -0.15) is 15.0 Å². The van der Waals surface area contributed by atoms with Crippen LogP contribution in [0.15, 0.2) is 84.9 Å². The van der Waals surface area contributed by atoms with Gasteiger partial charge in [-0.25, -0.2) is 0 Å². The molecule has 232 valence electrons. The number of aliphatic hydroxyl groups is 1. The van der Waals surface area contributed by atoms with E-state index >= 15 is 0 Å². The molecular formula is C32H39N7O5. The molecule has 0 bridgehead atoms. The van der Waals surface area contributed by atoms with E-state index in [1.807, 2.05) is 60.7 Å². The summed E-state index contributed by atoms with van der Waals surface area (Å²) in [7, 11) is 0. The van der Waals surface area contributed by atoms with Crippen LogP contribution in [0.3, 0.4) is 0 Å². The molecule has 1 amide bonds. The average Bonchev–Trinajstić information content (AvgIpc) is 3.06. The predicted molar refractivity (Wildman–Crippen MR) is 170 cm³/mol. The highest BCUT2D eigenvalue weighted by Gasteiger charge is 2.08. The zero-order valence-corrected chi connectivity index (χ0v) is 24.6. The van der Waals surface area contributed by atoms with Gasteiger partial charge in [0.15, 0.2) is 0 Å². The van der Waals surface area contributed by atoms with Gasteiger partial charge in [-0.3, -0.25) is 4.79 Å². The Balaban J connectivity index is 1.14. The molecule has 0 aliphatic rings. The van der Waals surface area contributed by atoms with Crippen molar-refractivity contribution >= 4 is 29.4 Å². The lowest BCUT2D eigenvalue weighted by molar-refractivity contribution is 0.0519. The number of amides is 1. The summed E-state index contributed by atoms with van der Waals surface area (Å²) in [5.74, 6) is 1.68. The summed E-state index contributed by atoms with van der Waals surface area (Å²) < 4.78 is 17.0. The number of carbonyl (C=O) groups is 1. The monoisotopic (exact) mass is 601 g/mol. The van der Waals surface area contributed by atoms with Gasteiger partial charge in [-0.05, 0) is 42.0 Å². The van der Waals surface area contributed by atoms with Crippen LogP contribution in [-0.4, -0.2) is 85.2 Å². The van der Waals surface area contributed by atoms with E-state index in [4.69, 9.17) is 14.2 Å². The van der Waals surface area contributed by atoms with E-state index in [1.54, 1.807) is 12.1 Å². The summed E-state index contributed by atoms with van der Waals surface area (Å²) in [6.45, 7) is 3.35. The van der Waals surface area contributed by atoms with Crippen LogP contribution >= 0.6 is 0 Å². The lowest BCUT2D eigenvalue weighted by Gasteiger charge is -2.12. The summed E-state index contributed by atoms with van der Waals surface area (Å²) >= 11 is 0. The van der Waals surface area contributed by atoms with Gasteiger partial charge in [0.25, 0.3) is 5.91 Å². The van der Waals surface area contributed by atoms with E-state index < -0.39 is 0 Å². The molecule has 0 saturated carbocycles. The number of ether oxygens (including phenoxy) is 3. The fourth-order valence-electron chi connectivity index (χ4n) is 3.94. The first-order valence-electron chi connectivity index (χ1n) is 14.6. The normalized spacial score (nSPS) is 10.7. The van der Waals surface area contributed by atoms with Gasteiger partial charge in [0, 0.05) is 37.3 Å². The van der Waals surface area contributed by atoms with Crippen LogP contribution in [0.25, 0.3) is 0 Å². The summed E-state index contributed by atoms with van der Waals surface area (Å²) in [5, 5.41) is 21.3. The van der Waals surface area contributed by atoms with Crippen molar-refractivity contribution in [3.63, 3.8) is 0 Å². The summed E-state index contributed by atoms with van der Waals surface area (Å²) in [6, 6.07) is 26.8. The molecule has 0 spiro atoms. The molecule has 5 N–H and O–H groups in total. The maximum atomic E-state index is 12.0. The number of nitrogens with zero attached hydrogens (tertiary/aromatic N) is 3. The van der Waals surface area contributed by atoms with Crippen molar-refractivity contribution in [1.82, 2.24) is 20.3 Å². The van der Waals surface area contributed by atoms with Crippen LogP contribution in [0.4, 0.5) is 23.5 Å². The largest absolute Gasteiger partial charge is 0.493 e. The molecule has 0 aliphatic heterocycles. The second-order valence-electron chi connectivity index (χ2n) is 9.46. The van der Waals surface area contributed by atoms with E-state index in [-0.39, 0.29) is 12.5 Å². The van der Waals surface area contributed by atoms with Crippen LogP contribution in [0, 0.1) is 0 Å². The molecule has 3 aromatic carbocycles. The highest BCUT2D eigenvalue weighted by Crippen LogP contribution is 2.20. The summed E-state index contributed by atoms with van der Waals surface area (Å²) in [6.07, 6.45) is 0.834. The zero-order chi connectivity index (χ0) is 30.7. The Bertz CT molecular complexity index is 1380. The molecule has 4 aromatic rings. The van der Waals surface area contributed by atoms with E-state index in [0.29, 0.717) is 76.1 Å². The molecule has 44 heavy (non-hydrogen) atoms. The fourth-order valence-corrected chi connectivity index (χ4v) is 3.94. The zero-order valence-electron chi connectivity index (χ0n) is 24.6. The quantitative estimate of drug-likeness (QED) is 0.0947. The van der Waals surface area contributed by atoms with Gasteiger partial charge < -0.3 is 40.6 Å². The third-order valence-electron chi connectivity index (χ3n) is 6.11. The Morgan fingerprint density at radius 2 is 1.27 bits per heavy atom. The predicted octanol–water partition coefficient (Wildman–Crippen LogP) is 3.52. The lowest BCUT2D eigenvalue weighted by atomic mass is 10.2. The first-order chi connectivity index (χ1) is 21.7. The topological polar surface area (TPSA) is 152 Å². The molecule has 12 heteroatoms. The second kappa shape index (κ2) is 18.7. The lowest BCUT2D eigenvalue weighted by Crippen LogP contribution is -2.27. The van der Waals surface area contributed by atoms with Crippen molar-refractivity contribution in [2.45, 2.75) is 6.42 Å². The van der Waals surface area contributed by atoms with Crippen LogP contribution in [0.1, 0.15) is 15.9 Å². The number of nitrogens with one attached hydrogen (secondary N) is 4. The minimum Gasteiger partial charge on any atom is -0.493 e. The Hall–Kier alpha value is -4.78. The highest BCUT2D eigenvalue weighted by atomic mass is 16.5. The maximum Gasteiger partial charge on any atom is 0.251 e. The number of carbonyl (C=O) groups excluding carboxylic acids is 1. The van der Waals surface area contributed by atoms with Crippen molar-refractivity contribution in [1.29, 1.82) is 0 Å². The Labute approximate surface area is 257 Å². The smallest absolute Gasteiger partial charge is 0.251 e. The van der Waals surface area contributed by atoms with Crippen LogP contribution < -0.4 is 26.0 Å².